The summed E-state index contributed by atoms with van der Waals surface area (Å²) in [6.07, 6.45) is -2.87. The summed E-state index contributed by atoms with van der Waals surface area (Å²) in [5, 5.41) is -0.0929. The molecule has 0 aliphatic rings. The monoisotopic (exact) mass is 265 g/mol. The number of hydrogen-bond donors (Lipinski definition) is 0. The van der Waals surface area contributed by atoms with Crippen molar-refractivity contribution in [1.29, 1.82) is 0 Å². The Morgan fingerprint density at radius 1 is 1.59 bits per heavy atom. The molecule has 0 radical (unpaired) electrons. The van der Waals surface area contributed by atoms with Gasteiger partial charge in [-0.2, -0.15) is 0 Å². The molecule has 0 aromatic carbocycles. The predicted octanol–water partition coefficient (Wildman–Crippen LogP) is 2.86. The number of carbonyl (C=O) groups excluding carboxylic acids is 1. The molecular weight excluding hydrogens is 256 g/mol. The van der Waals surface area contributed by atoms with E-state index in [2.05, 4.69) is 9.72 Å². The molecule has 1 rings (SSSR count). The molecule has 0 amide bonds. The zero-order valence-electron chi connectivity index (χ0n) is 9.17. The SMILES string of the molecule is CCOC(=O)c1nc(C(F)F)c(OC)cc1Cl. The number of alkyl halides is 2. The maximum absolute atomic E-state index is 12.6. The normalized spacial score (nSPS) is 10.5. The van der Waals surface area contributed by atoms with Gasteiger partial charge in [-0.15, -0.1) is 0 Å². The number of halogens is 3. The van der Waals surface area contributed by atoms with Crippen LogP contribution in [0, 0.1) is 0 Å². The topological polar surface area (TPSA) is 48.4 Å². The molecule has 0 aliphatic heterocycles. The number of esters is 1. The van der Waals surface area contributed by atoms with Gasteiger partial charge in [0.15, 0.2) is 5.69 Å². The van der Waals surface area contributed by atoms with Crippen LogP contribution in [0.1, 0.15) is 29.5 Å². The lowest BCUT2D eigenvalue weighted by Crippen LogP contribution is -2.10. The fraction of sp³-hybridized carbons (Fsp3) is 0.400. The Balaban J connectivity index is 3.24. The van der Waals surface area contributed by atoms with E-state index in [9.17, 15) is 13.6 Å². The molecule has 0 bridgehead atoms. The van der Waals surface area contributed by atoms with Gasteiger partial charge in [-0.1, -0.05) is 11.6 Å². The van der Waals surface area contributed by atoms with Crippen molar-refractivity contribution in [2.24, 2.45) is 0 Å². The largest absolute Gasteiger partial charge is 0.495 e. The number of aromatic nitrogens is 1. The molecule has 0 saturated heterocycles. The Labute approximate surface area is 101 Å². The summed E-state index contributed by atoms with van der Waals surface area (Å²) in [7, 11) is 1.21. The van der Waals surface area contributed by atoms with Crippen LogP contribution in [-0.4, -0.2) is 24.7 Å². The van der Waals surface area contributed by atoms with Crippen molar-refractivity contribution in [1.82, 2.24) is 4.98 Å². The minimum Gasteiger partial charge on any atom is -0.495 e. The molecule has 7 heteroatoms. The number of ether oxygens (including phenoxy) is 2. The maximum Gasteiger partial charge on any atom is 0.358 e. The van der Waals surface area contributed by atoms with Crippen molar-refractivity contribution in [3.63, 3.8) is 0 Å². The minimum absolute atomic E-state index is 0.0929. The second-order valence-electron chi connectivity index (χ2n) is 2.93. The summed E-state index contributed by atoms with van der Waals surface area (Å²) in [5.74, 6) is -1.01. The fourth-order valence-corrected chi connectivity index (χ4v) is 1.37. The molecule has 0 atom stereocenters. The number of methoxy groups -OCH3 is 1. The minimum atomic E-state index is -2.87. The molecule has 1 aromatic heterocycles. The van der Waals surface area contributed by atoms with Crippen LogP contribution in [0.5, 0.6) is 5.75 Å². The van der Waals surface area contributed by atoms with E-state index in [-0.39, 0.29) is 23.1 Å². The van der Waals surface area contributed by atoms with E-state index in [4.69, 9.17) is 16.3 Å². The molecule has 1 heterocycles. The third-order valence-electron chi connectivity index (χ3n) is 1.86. The first-order valence-corrected chi connectivity index (χ1v) is 5.08. The van der Waals surface area contributed by atoms with Crippen LogP contribution in [0.3, 0.4) is 0 Å². The zero-order valence-corrected chi connectivity index (χ0v) is 9.92. The predicted molar refractivity (Wildman–Crippen MR) is 56.7 cm³/mol. The van der Waals surface area contributed by atoms with Gasteiger partial charge in [0.25, 0.3) is 6.43 Å². The standard InChI is InChI=1S/C10H10ClF2NO3/c1-3-17-10(15)7-5(11)4-6(16-2)8(14-7)9(12)13/h4,9H,3H2,1-2H3. The van der Waals surface area contributed by atoms with Gasteiger partial charge in [0.1, 0.15) is 11.4 Å². The molecule has 4 nitrogen and oxygen atoms in total. The van der Waals surface area contributed by atoms with Crippen molar-refractivity contribution in [3.8, 4) is 5.75 Å². The summed E-state index contributed by atoms with van der Waals surface area (Å²) in [6.45, 7) is 1.69. The molecule has 0 aliphatic carbocycles. The Kier molecular flexibility index (Phi) is 4.62. The number of rotatable bonds is 4. The first-order valence-electron chi connectivity index (χ1n) is 4.71. The number of pyridine rings is 1. The lowest BCUT2D eigenvalue weighted by atomic mass is 10.2. The van der Waals surface area contributed by atoms with Crippen molar-refractivity contribution in [3.05, 3.63) is 22.5 Å². The smallest absolute Gasteiger partial charge is 0.358 e. The molecule has 17 heavy (non-hydrogen) atoms. The van der Waals surface area contributed by atoms with Gasteiger partial charge in [-0.3, -0.25) is 0 Å². The molecular formula is C10H10ClF2NO3. The van der Waals surface area contributed by atoms with Gasteiger partial charge in [0, 0.05) is 6.07 Å². The second-order valence-corrected chi connectivity index (χ2v) is 3.33. The molecule has 0 spiro atoms. The van der Waals surface area contributed by atoms with Gasteiger partial charge < -0.3 is 9.47 Å². The van der Waals surface area contributed by atoms with Crippen LogP contribution in [-0.2, 0) is 4.74 Å². The first kappa shape index (κ1) is 13.6. The highest BCUT2D eigenvalue weighted by Gasteiger charge is 2.22. The van der Waals surface area contributed by atoms with Crippen LogP contribution in [0.2, 0.25) is 5.02 Å². The Morgan fingerprint density at radius 3 is 2.71 bits per heavy atom. The van der Waals surface area contributed by atoms with Crippen LogP contribution in [0.4, 0.5) is 8.78 Å². The summed E-state index contributed by atoms with van der Waals surface area (Å²) >= 11 is 5.73. The number of nitrogens with zero attached hydrogens (tertiary/aromatic N) is 1. The fourth-order valence-electron chi connectivity index (χ4n) is 1.15. The highest BCUT2D eigenvalue weighted by atomic mass is 35.5. The van der Waals surface area contributed by atoms with Crippen LogP contribution < -0.4 is 4.74 Å². The lowest BCUT2D eigenvalue weighted by Gasteiger charge is -2.10. The van der Waals surface area contributed by atoms with Crippen molar-refractivity contribution in [2.45, 2.75) is 13.3 Å². The molecule has 0 fully saturated rings. The first-order chi connectivity index (χ1) is 8.01. The molecule has 94 valence electrons. The Morgan fingerprint density at radius 2 is 2.24 bits per heavy atom. The maximum atomic E-state index is 12.6. The number of carbonyl (C=O) groups is 1. The van der Waals surface area contributed by atoms with E-state index in [0.29, 0.717) is 0 Å². The molecule has 1 aromatic rings. The summed E-state index contributed by atoms with van der Waals surface area (Å²) < 4.78 is 34.6. The lowest BCUT2D eigenvalue weighted by molar-refractivity contribution is 0.0518. The summed E-state index contributed by atoms with van der Waals surface area (Å²) in [5.41, 5.74) is -0.982. The van der Waals surface area contributed by atoms with E-state index in [1.165, 1.54) is 7.11 Å². The average Bonchev–Trinajstić information content (AvgIpc) is 2.28. The van der Waals surface area contributed by atoms with Crippen LogP contribution in [0.15, 0.2) is 6.07 Å². The van der Waals surface area contributed by atoms with Gasteiger partial charge in [0.2, 0.25) is 0 Å². The zero-order chi connectivity index (χ0) is 13.0. The molecule has 0 N–H and O–H groups in total. The van der Waals surface area contributed by atoms with Gasteiger partial charge >= 0.3 is 5.97 Å². The molecule has 0 unspecified atom stereocenters. The third kappa shape index (κ3) is 3.03. The van der Waals surface area contributed by atoms with Gasteiger partial charge in [-0.25, -0.2) is 18.6 Å². The van der Waals surface area contributed by atoms with Crippen LogP contribution in [0.25, 0.3) is 0 Å². The summed E-state index contributed by atoms with van der Waals surface area (Å²) in [4.78, 5) is 14.9. The Hall–Kier alpha value is -1.43. The van der Waals surface area contributed by atoms with Crippen molar-refractivity contribution >= 4 is 17.6 Å². The van der Waals surface area contributed by atoms with E-state index in [1.807, 2.05) is 0 Å². The van der Waals surface area contributed by atoms with Gasteiger partial charge in [-0.05, 0) is 6.92 Å². The summed E-state index contributed by atoms with van der Waals surface area (Å²) in [6, 6.07) is 1.11. The second kappa shape index (κ2) is 5.77. The van der Waals surface area contributed by atoms with Crippen molar-refractivity contribution < 1.29 is 23.0 Å². The van der Waals surface area contributed by atoms with E-state index in [0.717, 1.165) is 6.07 Å². The highest BCUT2D eigenvalue weighted by Crippen LogP contribution is 2.31. The highest BCUT2D eigenvalue weighted by molar-refractivity contribution is 6.33. The molecule has 0 saturated carbocycles. The third-order valence-corrected chi connectivity index (χ3v) is 2.15. The average molecular weight is 266 g/mol. The van der Waals surface area contributed by atoms with Gasteiger partial charge in [0.05, 0.1) is 18.7 Å². The Bertz CT molecular complexity index is 426. The van der Waals surface area contributed by atoms with E-state index < -0.39 is 18.1 Å². The quantitative estimate of drug-likeness (QED) is 0.786. The van der Waals surface area contributed by atoms with E-state index >= 15 is 0 Å². The van der Waals surface area contributed by atoms with Crippen molar-refractivity contribution in [2.75, 3.05) is 13.7 Å². The van der Waals surface area contributed by atoms with Crippen LogP contribution >= 0.6 is 11.6 Å². The number of hydrogen-bond acceptors (Lipinski definition) is 4. The van der Waals surface area contributed by atoms with E-state index in [1.54, 1.807) is 6.92 Å².